The van der Waals surface area contributed by atoms with Crippen LogP contribution in [0.5, 0.6) is 0 Å². The Morgan fingerprint density at radius 3 is 3.06 bits per heavy atom. The number of carbonyl (C=O) groups excluding carboxylic acids is 1. The number of anilines is 1. The van der Waals surface area contributed by atoms with Gasteiger partial charge in [0.25, 0.3) is 0 Å². The Morgan fingerprint density at radius 2 is 2.38 bits per heavy atom. The maximum absolute atomic E-state index is 11.5. The van der Waals surface area contributed by atoms with Crippen LogP contribution in [-0.4, -0.2) is 5.91 Å². The first-order chi connectivity index (χ1) is 7.76. The first-order valence-electron chi connectivity index (χ1n) is 5.60. The number of thiophene rings is 1. The van der Waals surface area contributed by atoms with E-state index < -0.39 is 0 Å². The molecular formula is C12H14N2OS. The van der Waals surface area contributed by atoms with Crippen LogP contribution in [-0.2, 0) is 17.6 Å². The predicted molar refractivity (Wildman–Crippen MR) is 64.6 cm³/mol. The lowest BCUT2D eigenvalue weighted by Gasteiger charge is -2.02. The van der Waals surface area contributed by atoms with Crippen LogP contribution in [0.1, 0.15) is 42.2 Å². The Bertz CT molecular complexity index is 456. The predicted octanol–water partition coefficient (Wildman–Crippen LogP) is 2.85. The van der Waals surface area contributed by atoms with Crippen LogP contribution >= 0.6 is 11.3 Å². The van der Waals surface area contributed by atoms with Gasteiger partial charge in [-0.2, -0.15) is 5.26 Å². The molecule has 4 heteroatoms. The summed E-state index contributed by atoms with van der Waals surface area (Å²) in [7, 11) is 0. The maximum Gasteiger partial charge on any atom is 0.224 e. The first kappa shape index (κ1) is 11.2. The number of hydrogen-bond acceptors (Lipinski definition) is 3. The molecule has 0 bridgehead atoms. The molecule has 0 atom stereocenters. The van der Waals surface area contributed by atoms with E-state index in [0.29, 0.717) is 12.0 Å². The monoisotopic (exact) mass is 234 g/mol. The fraction of sp³-hybridized carbons (Fsp3) is 0.500. The topological polar surface area (TPSA) is 52.9 Å². The fourth-order valence-electron chi connectivity index (χ4n) is 2.03. The van der Waals surface area contributed by atoms with E-state index in [4.69, 9.17) is 5.26 Å². The average Bonchev–Trinajstić information content (AvgIpc) is 2.77. The normalized spacial score (nSPS) is 13.2. The minimum Gasteiger partial charge on any atom is -0.317 e. The second-order valence-corrected chi connectivity index (χ2v) is 5.08. The van der Waals surface area contributed by atoms with Crippen molar-refractivity contribution < 1.29 is 4.79 Å². The van der Waals surface area contributed by atoms with Gasteiger partial charge in [0.2, 0.25) is 5.91 Å². The number of nitrogens with one attached hydrogen (secondary N) is 1. The summed E-state index contributed by atoms with van der Waals surface area (Å²) < 4.78 is 0. The Kier molecular flexibility index (Phi) is 3.25. The summed E-state index contributed by atoms with van der Waals surface area (Å²) in [5.74, 6) is 0.0129. The standard InChI is InChI=1S/C12H14N2OS/c1-2-4-11(15)14-12-9(7-13)8-5-3-6-10(8)16-12/h2-6H2,1H3,(H,14,15). The van der Waals surface area contributed by atoms with E-state index in [1.807, 2.05) is 6.92 Å². The lowest BCUT2D eigenvalue weighted by atomic mass is 10.1. The van der Waals surface area contributed by atoms with Gasteiger partial charge in [0.15, 0.2) is 0 Å². The minimum atomic E-state index is 0.0129. The number of aryl methyl sites for hydroxylation is 1. The molecule has 0 aromatic carbocycles. The summed E-state index contributed by atoms with van der Waals surface area (Å²) in [4.78, 5) is 12.8. The molecule has 0 saturated heterocycles. The van der Waals surface area contributed by atoms with Crippen molar-refractivity contribution in [3.63, 3.8) is 0 Å². The zero-order chi connectivity index (χ0) is 11.5. The molecule has 1 aliphatic carbocycles. The van der Waals surface area contributed by atoms with Gasteiger partial charge in [-0.05, 0) is 31.2 Å². The van der Waals surface area contributed by atoms with E-state index in [1.165, 1.54) is 10.4 Å². The lowest BCUT2D eigenvalue weighted by Crippen LogP contribution is -2.10. The molecule has 1 amide bonds. The van der Waals surface area contributed by atoms with Gasteiger partial charge in [-0.3, -0.25) is 4.79 Å². The Balaban J connectivity index is 2.22. The van der Waals surface area contributed by atoms with Gasteiger partial charge in [0.1, 0.15) is 11.1 Å². The number of amides is 1. The smallest absolute Gasteiger partial charge is 0.224 e. The van der Waals surface area contributed by atoms with Crippen molar-refractivity contribution in [3.05, 3.63) is 16.0 Å². The molecule has 0 aliphatic heterocycles. The highest BCUT2D eigenvalue weighted by Crippen LogP contribution is 2.38. The molecule has 1 aromatic rings. The third kappa shape index (κ3) is 1.96. The van der Waals surface area contributed by atoms with Gasteiger partial charge < -0.3 is 5.32 Å². The molecule has 0 saturated carbocycles. The van der Waals surface area contributed by atoms with Crippen molar-refractivity contribution >= 4 is 22.2 Å². The Morgan fingerprint density at radius 1 is 1.56 bits per heavy atom. The molecule has 1 heterocycles. The molecule has 1 N–H and O–H groups in total. The molecular weight excluding hydrogens is 220 g/mol. The summed E-state index contributed by atoms with van der Waals surface area (Å²) in [5.41, 5.74) is 1.86. The zero-order valence-electron chi connectivity index (χ0n) is 9.30. The molecule has 1 aromatic heterocycles. The molecule has 3 nitrogen and oxygen atoms in total. The van der Waals surface area contributed by atoms with E-state index >= 15 is 0 Å². The molecule has 16 heavy (non-hydrogen) atoms. The summed E-state index contributed by atoms with van der Waals surface area (Å²) in [6.07, 6.45) is 4.53. The number of hydrogen-bond donors (Lipinski definition) is 1. The van der Waals surface area contributed by atoms with E-state index in [0.717, 1.165) is 30.7 Å². The van der Waals surface area contributed by atoms with Crippen molar-refractivity contribution in [1.82, 2.24) is 0 Å². The summed E-state index contributed by atoms with van der Waals surface area (Å²) in [6.45, 7) is 1.97. The molecule has 0 unspecified atom stereocenters. The summed E-state index contributed by atoms with van der Waals surface area (Å²) in [6, 6.07) is 2.22. The molecule has 0 radical (unpaired) electrons. The lowest BCUT2D eigenvalue weighted by molar-refractivity contribution is -0.116. The third-order valence-electron chi connectivity index (χ3n) is 2.76. The number of carbonyl (C=O) groups is 1. The Hall–Kier alpha value is -1.34. The highest BCUT2D eigenvalue weighted by molar-refractivity contribution is 7.16. The average molecular weight is 234 g/mol. The van der Waals surface area contributed by atoms with Crippen LogP contribution < -0.4 is 5.32 Å². The van der Waals surface area contributed by atoms with Gasteiger partial charge in [0.05, 0.1) is 5.56 Å². The molecule has 0 fully saturated rings. The largest absolute Gasteiger partial charge is 0.317 e. The van der Waals surface area contributed by atoms with Crippen LogP contribution in [0.25, 0.3) is 0 Å². The van der Waals surface area contributed by atoms with Gasteiger partial charge in [0, 0.05) is 11.3 Å². The quantitative estimate of drug-likeness (QED) is 0.874. The zero-order valence-corrected chi connectivity index (χ0v) is 10.1. The van der Waals surface area contributed by atoms with Crippen molar-refractivity contribution in [2.75, 3.05) is 5.32 Å². The van der Waals surface area contributed by atoms with Crippen LogP contribution in [0.3, 0.4) is 0 Å². The van der Waals surface area contributed by atoms with Gasteiger partial charge in [-0.25, -0.2) is 0 Å². The molecule has 84 valence electrons. The molecule has 1 aliphatic rings. The highest BCUT2D eigenvalue weighted by Gasteiger charge is 2.22. The van der Waals surface area contributed by atoms with Crippen LogP contribution in [0.2, 0.25) is 0 Å². The van der Waals surface area contributed by atoms with E-state index in [9.17, 15) is 4.79 Å². The van der Waals surface area contributed by atoms with E-state index in [2.05, 4.69) is 11.4 Å². The van der Waals surface area contributed by atoms with Crippen LogP contribution in [0.4, 0.5) is 5.00 Å². The second kappa shape index (κ2) is 4.67. The third-order valence-corrected chi connectivity index (χ3v) is 3.97. The van der Waals surface area contributed by atoms with E-state index in [-0.39, 0.29) is 5.91 Å². The molecule has 2 rings (SSSR count). The number of nitrogens with zero attached hydrogens (tertiary/aromatic N) is 1. The maximum atomic E-state index is 11.5. The van der Waals surface area contributed by atoms with Gasteiger partial charge in [-0.1, -0.05) is 6.92 Å². The van der Waals surface area contributed by atoms with Crippen LogP contribution in [0.15, 0.2) is 0 Å². The van der Waals surface area contributed by atoms with Crippen molar-refractivity contribution in [1.29, 1.82) is 5.26 Å². The fourth-order valence-corrected chi connectivity index (χ4v) is 3.28. The van der Waals surface area contributed by atoms with Gasteiger partial charge >= 0.3 is 0 Å². The van der Waals surface area contributed by atoms with Gasteiger partial charge in [-0.15, -0.1) is 11.3 Å². The highest BCUT2D eigenvalue weighted by atomic mass is 32.1. The van der Waals surface area contributed by atoms with Crippen molar-refractivity contribution in [3.8, 4) is 6.07 Å². The van der Waals surface area contributed by atoms with Crippen LogP contribution in [0, 0.1) is 11.3 Å². The SMILES string of the molecule is CCCC(=O)Nc1sc2c(c1C#N)CCC2. The van der Waals surface area contributed by atoms with Crippen molar-refractivity contribution in [2.24, 2.45) is 0 Å². The Labute approximate surface area is 99.1 Å². The number of fused-ring (bicyclic) bond motifs is 1. The minimum absolute atomic E-state index is 0.0129. The molecule has 0 spiro atoms. The van der Waals surface area contributed by atoms with E-state index in [1.54, 1.807) is 11.3 Å². The first-order valence-corrected chi connectivity index (χ1v) is 6.42. The summed E-state index contributed by atoms with van der Waals surface area (Å²) in [5, 5.41) is 12.7. The number of nitriles is 1. The number of rotatable bonds is 3. The van der Waals surface area contributed by atoms with Crippen molar-refractivity contribution in [2.45, 2.75) is 39.0 Å². The summed E-state index contributed by atoms with van der Waals surface area (Å²) >= 11 is 1.57. The second-order valence-electron chi connectivity index (χ2n) is 3.97.